The highest BCUT2D eigenvalue weighted by Gasteiger charge is 2.29. The number of amides is 2. The topological polar surface area (TPSA) is 61.4 Å². The van der Waals surface area contributed by atoms with Crippen LogP contribution >= 0.6 is 0 Å². The van der Waals surface area contributed by atoms with E-state index in [1.165, 1.54) is 0 Å². The molecule has 2 aromatic carbocycles. The van der Waals surface area contributed by atoms with Crippen molar-refractivity contribution in [3.05, 3.63) is 65.2 Å². The van der Waals surface area contributed by atoms with E-state index in [9.17, 15) is 9.59 Å². The Morgan fingerprint density at radius 1 is 1.07 bits per heavy atom. The molecule has 1 aliphatic heterocycles. The van der Waals surface area contributed by atoms with Gasteiger partial charge < -0.3 is 10.6 Å². The van der Waals surface area contributed by atoms with Gasteiger partial charge in [0.1, 0.15) is 0 Å². The first-order chi connectivity index (χ1) is 13.9. The molecule has 1 fully saturated rings. The third kappa shape index (κ3) is 5.67. The van der Waals surface area contributed by atoms with Gasteiger partial charge in [-0.15, -0.1) is 0 Å². The van der Waals surface area contributed by atoms with Crippen molar-refractivity contribution in [3.8, 4) is 0 Å². The summed E-state index contributed by atoms with van der Waals surface area (Å²) in [7, 11) is 0. The summed E-state index contributed by atoms with van der Waals surface area (Å²) >= 11 is 0. The van der Waals surface area contributed by atoms with Crippen LogP contribution in [0.5, 0.6) is 0 Å². The number of rotatable bonds is 6. The van der Waals surface area contributed by atoms with Crippen molar-refractivity contribution in [2.45, 2.75) is 46.2 Å². The van der Waals surface area contributed by atoms with Crippen LogP contribution < -0.4 is 10.6 Å². The Labute approximate surface area is 173 Å². The first-order valence-electron chi connectivity index (χ1n) is 10.4. The van der Waals surface area contributed by atoms with Crippen LogP contribution in [0.3, 0.4) is 0 Å². The van der Waals surface area contributed by atoms with Crippen LogP contribution in [0.1, 0.15) is 36.5 Å². The average Bonchev–Trinajstić information content (AvgIpc) is 2.75. The molecule has 1 heterocycles. The molecule has 0 bridgehead atoms. The van der Waals surface area contributed by atoms with E-state index in [4.69, 9.17) is 0 Å². The molecule has 1 saturated heterocycles. The molecular formula is C24H31N3O2. The molecule has 0 aromatic heterocycles. The second kappa shape index (κ2) is 9.70. The number of carbonyl (C=O) groups is 2. The zero-order valence-electron chi connectivity index (χ0n) is 17.6. The molecule has 0 radical (unpaired) electrons. The molecule has 0 aliphatic carbocycles. The van der Waals surface area contributed by atoms with Gasteiger partial charge in [0.25, 0.3) is 0 Å². The molecule has 3 rings (SSSR count). The number of nitrogens with zero attached hydrogens (tertiary/aromatic N) is 1. The van der Waals surface area contributed by atoms with Crippen LogP contribution in [-0.4, -0.2) is 35.8 Å². The maximum absolute atomic E-state index is 12.7. The molecule has 2 aromatic rings. The second-order valence-corrected chi connectivity index (χ2v) is 8.00. The van der Waals surface area contributed by atoms with Gasteiger partial charge in [-0.25, -0.2) is 0 Å². The van der Waals surface area contributed by atoms with Crippen LogP contribution in [0.25, 0.3) is 0 Å². The van der Waals surface area contributed by atoms with Gasteiger partial charge in [0.15, 0.2) is 0 Å². The number of carbonyl (C=O) groups excluding carboxylic acids is 2. The van der Waals surface area contributed by atoms with Crippen molar-refractivity contribution in [3.63, 3.8) is 0 Å². The summed E-state index contributed by atoms with van der Waals surface area (Å²) in [6.07, 6.45) is 1.56. The average molecular weight is 394 g/mol. The standard InChI is InChI=1S/C24H31N3O2/c1-17-9-10-18(2)22(15-17)26-23(28)19(3)27-13-11-21(12-14-27)24(29)25-16-20-7-5-4-6-8-20/h4-10,15,19,21H,11-14,16H2,1-3H3,(H,25,29)(H,26,28). The fourth-order valence-corrected chi connectivity index (χ4v) is 3.75. The Hall–Kier alpha value is -2.66. The van der Waals surface area contributed by atoms with Gasteiger partial charge in [-0.05, 0) is 69.5 Å². The van der Waals surface area contributed by atoms with Crippen molar-refractivity contribution < 1.29 is 9.59 Å². The van der Waals surface area contributed by atoms with Gasteiger partial charge >= 0.3 is 0 Å². The van der Waals surface area contributed by atoms with Gasteiger partial charge in [0.05, 0.1) is 6.04 Å². The molecule has 2 amide bonds. The van der Waals surface area contributed by atoms with E-state index in [0.717, 1.165) is 48.3 Å². The van der Waals surface area contributed by atoms with E-state index in [1.54, 1.807) is 0 Å². The van der Waals surface area contributed by atoms with Crippen molar-refractivity contribution >= 4 is 17.5 Å². The van der Waals surface area contributed by atoms with Gasteiger partial charge in [-0.2, -0.15) is 0 Å². The molecule has 1 atom stereocenters. The third-order valence-corrected chi connectivity index (χ3v) is 5.79. The number of likely N-dealkylation sites (tertiary alicyclic amines) is 1. The summed E-state index contributed by atoms with van der Waals surface area (Å²) in [5.41, 5.74) is 4.16. The Bertz CT molecular complexity index is 842. The highest BCUT2D eigenvalue weighted by atomic mass is 16.2. The first kappa shape index (κ1) is 21.1. The fourth-order valence-electron chi connectivity index (χ4n) is 3.75. The molecule has 0 spiro atoms. The van der Waals surface area contributed by atoms with Crippen LogP contribution in [0.15, 0.2) is 48.5 Å². The van der Waals surface area contributed by atoms with Crippen LogP contribution in [-0.2, 0) is 16.1 Å². The lowest BCUT2D eigenvalue weighted by molar-refractivity contribution is -0.127. The van der Waals surface area contributed by atoms with Gasteiger partial charge in [-0.1, -0.05) is 42.5 Å². The maximum Gasteiger partial charge on any atom is 0.241 e. The van der Waals surface area contributed by atoms with E-state index in [1.807, 2.05) is 69.3 Å². The van der Waals surface area contributed by atoms with E-state index >= 15 is 0 Å². The third-order valence-electron chi connectivity index (χ3n) is 5.79. The van der Waals surface area contributed by atoms with Gasteiger partial charge in [-0.3, -0.25) is 14.5 Å². The molecule has 5 nitrogen and oxygen atoms in total. The van der Waals surface area contributed by atoms with E-state index in [2.05, 4.69) is 15.5 Å². The second-order valence-electron chi connectivity index (χ2n) is 8.00. The number of hydrogen-bond donors (Lipinski definition) is 2. The summed E-state index contributed by atoms with van der Waals surface area (Å²) in [5, 5.41) is 6.10. The number of hydrogen-bond acceptors (Lipinski definition) is 3. The van der Waals surface area contributed by atoms with Gasteiger partial charge in [0, 0.05) is 18.2 Å². The van der Waals surface area contributed by atoms with Crippen LogP contribution in [0.4, 0.5) is 5.69 Å². The van der Waals surface area contributed by atoms with Crippen molar-refractivity contribution in [1.29, 1.82) is 0 Å². The zero-order chi connectivity index (χ0) is 20.8. The molecule has 5 heteroatoms. The van der Waals surface area contributed by atoms with E-state index < -0.39 is 0 Å². The summed E-state index contributed by atoms with van der Waals surface area (Å²) in [6.45, 7) is 8.03. The predicted octanol–water partition coefficient (Wildman–Crippen LogP) is 3.66. The lowest BCUT2D eigenvalue weighted by Crippen LogP contribution is -2.48. The molecule has 154 valence electrons. The van der Waals surface area contributed by atoms with Crippen LogP contribution in [0, 0.1) is 19.8 Å². The SMILES string of the molecule is Cc1ccc(C)c(NC(=O)C(C)N2CCC(C(=O)NCc3ccccc3)CC2)c1. The minimum Gasteiger partial charge on any atom is -0.352 e. The maximum atomic E-state index is 12.7. The van der Waals surface area contributed by atoms with Crippen molar-refractivity contribution in [2.75, 3.05) is 18.4 Å². The molecule has 1 unspecified atom stereocenters. The first-order valence-corrected chi connectivity index (χ1v) is 10.4. The zero-order valence-corrected chi connectivity index (χ0v) is 17.6. The summed E-state index contributed by atoms with van der Waals surface area (Å²) in [6, 6.07) is 15.8. The Morgan fingerprint density at radius 3 is 2.45 bits per heavy atom. The molecule has 0 saturated carbocycles. The number of nitrogens with one attached hydrogen (secondary N) is 2. The number of piperidine rings is 1. The number of aryl methyl sites for hydroxylation is 2. The van der Waals surface area contributed by atoms with Crippen molar-refractivity contribution in [1.82, 2.24) is 10.2 Å². The van der Waals surface area contributed by atoms with E-state index in [0.29, 0.717) is 6.54 Å². The Balaban J connectivity index is 1.47. The quantitative estimate of drug-likeness (QED) is 0.787. The van der Waals surface area contributed by atoms with Crippen molar-refractivity contribution in [2.24, 2.45) is 5.92 Å². The van der Waals surface area contributed by atoms with Crippen LogP contribution in [0.2, 0.25) is 0 Å². The summed E-state index contributed by atoms with van der Waals surface area (Å²) < 4.78 is 0. The Morgan fingerprint density at radius 2 is 1.76 bits per heavy atom. The number of benzene rings is 2. The normalized spacial score (nSPS) is 16.2. The molecule has 1 aliphatic rings. The minimum atomic E-state index is -0.219. The monoisotopic (exact) mass is 393 g/mol. The lowest BCUT2D eigenvalue weighted by atomic mass is 9.94. The lowest BCUT2D eigenvalue weighted by Gasteiger charge is -2.34. The minimum absolute atomic E-state index is 0.00526. The largest absolute Gasteiger partial charge is 0.352 e. The molecule has 29 heavy (non-hydrogen) atoms. The molecule has 2 N–H and O–H groups in total. The summed E-state index contributed by atoms with van der Waals surface area (Å²) in [5.74, 6) is 0.135. The predicted molar refractivity (Wildman–Crippen MR) is 117 cm³/mol. The molecular weight excluding hydrogens is 362 g/mol. The van der Waals surface area contributed by atoms with Gasteiger partial charge in [0.2, 0.25) is 11.8 Å². The highest BCUT2D eigenvalue weighted by Crippen LogP contribution is 2.21. The fraction of sp³-hybridized carbons (Fsp3) is 0.417. The van der Waals surface area contributed by atoms with E-state index in [-0.39, 0.29) is 23.8 Å². The highest BCUT2D eigenvalue weighted by molar-refractivity contribution is 5.95. The summed E-state index contributed by atoms with van der Waals surface area (Å²) in [4.78, 5) is 27.4. The number of anilines is 1. The Kier molecular flexibility index (Phi) is 7.04. The smallest absolute Gasteiger partial charge is 0.241 e.